The van der Waals surface area contributed by atoms with Gasteiger partial charge in [-0.1, -0.05) is 17.7 Å². The molecule has 62 valence electrons. The molecule has 0 unspecified atom stereocenters. The summed E-state index contributed by atoms with van der Waals surface area (Å²) in [6.07, 6.45) is 0. The zero-order valence-corrected chi connectivity index (χ0v) is 7.45. The normalized spacial score (nSPS) is 10.2. The lowest BCUT2D eigenvalue weighted by molar-refractivity contribution is 0.426. The number of benzene rings is 1. The van der Waals surface area contributed by atoms with Gasteiger partial charge in [0.05, 0.1) is 0 Å². The molecule has 3 nitrogen and oxygen atoms in total. The lowest BCUT2D eigenvalue weighted by atomic mass is 9.77. The van der Waals surface area contributed by atoms with Gasteiger partial charge in [-0.25, -0.2) is 0 Å². The van der Waals surface area contributed by atoms with Crippen molar-refractivity contribution in [1.29, 1.82) is 0 Å². The van der Waals surface area contributed by atoms with Gasteiger partial charge < -0.3 is 10.0 Å². The largest absolute Gasteiger partial charge is 0.489 e. The molecule has 0 amide bonds. The van der Waals surface area contributed by atoms with Gasteiger partial charge in [0.1, 0.15) is 0 Å². The van der Waals surface area contributed by atoms with E-state index < -0.39 is 7.12 Å². The van der Waals surface area contributed by atoms with Gasteiger partial charge in [0, 0.05) is 5.30 Å². The molecule has 1 aromatic rings. The van der Waals surface area contributed by atoms with Crippen molar-refractivity contribution in [1.82, 2.24) is 0 Å². The molecule has 0 aliphatic heterocycles. The summed E-state index contributed by atoms with van der Waals surface area (Å²) >= 11 is 0. The molecule has 0 aliphatic carbocycles. The summed E-state index contributed by atoms with van der Waals surface area (Å²) in [4.78, 5) is 0. The van der Waals surface area contributed by atoms with Crippen LogP contribution in [0.15, 0.2) is 18.2 Å². The molecule has 1 aromatic carbocycles. The molecular formula is C7H8BO3P. The molecule has 0 aliphatic rings. The van der Waals surface area contributed by atoms with Gasteiger partial charge in [-0.05, 0) is 18.5 Å². The Morgan fingerprint density at radius 3 is 2.50 bits per heavy atom. The minimum atomic E-state index is -1.55. The van der Waals surface area contributed by atoms with Gasteiger partial charge >= 0.3 is 7.12 Å². The summed E-state index contributed by atoms with van der Waals surface area (Å²) in [6, 6.07) is 5.06. The highest BCUT2D eigenvalue weighted by molar-refractivity contribution is 7.35. The maximum atomic E-state index is 10.6. The fourth-order valence-corrected chi connectivity index (χ4v) is 1.62. The smallest absolute Gasteiger partial charge is 0.423 e. The van der Waals surface area contributed by atoms with E-state index in [0.717, 1.165) is 5.56 Å². The average Bonchev–Trinajstić information content (AvgIpc) is 2.03. The van der Waals surface area contributed by atoms with Crippen LogP contribution in [0, 0.1) is 6.92 Å². The Kier molecular flexibility index (Phi) is 2.98. The van der Waals surface area contributed by atoms with Gasteiger partial charge in [-0.2, -0.15) is 0 Å². The molecular weight excluding hydrogens is 174 g/mol. The molecule has 0 spiro atoms. The standard InChI is InChI=1S/C7H8BO3P/c1-5-3-2-4-6(12-11)7(5)8(9)10/h2-4,9-10H,1H3. The van der Waals surface area contributed by atoms with Gasteiger partial charge in [0.25, 0.3) is 0 Å². The topological polar surface area (TPSA) is 57.5 Å². The van der Waals surface area contributed by atoms with Gasteiger partial charge in [-0.3, -0.25) is 4.57 Å². The minimum Gasteiger partial charge on any atom is -0.423 e. The summed E-state index contributed by atoms with van der Waals surface area (Å²) in [7, 11) is -1.75. The molecule has 0 heterocycles. The van der Waals surface area contributed by atoms with Crippen molar-refractivity contribution in [3.05, 3.63) is 23.8 Å². The number of hydrogen-bond acceptors (Lipinski definition) is 3. The highest BCUT2D eigenvalue weighted by Gasteiger charge is 2.18. The SMILES string of the molecule is Cc1cccc(P=O)c1B(O)O. The molecule has 0 aromatic heterocycles. The van der Waals surface area contributed by atoms with E-state index in [1.165, 1.54) is 0 Å². The van der Waals surface area contributed by atoms with Crippen molar-refractivity contribution < 1.29 is 14.6 Å². The predicted octanol–water partition coefficient (Wildman–Crippen LogP) is -0.408. The molecule has 0 fully saturated rings. The fraction of sp³-hybridized carbons (Fsp3) is 0.143. The zero-order valence-electron chi connectivity index (χ0n) is 6.56. The van der Waals surface area contributed by atoms with Gasteiger partial charge in [0.15, 0.2) is 8.46 Å². The van der Waals surface area contributed by atoms with E-state index in [4.69, 9.17) is 10.0 Å². The van der Waals surface area contributed by atoms with Gasteiger partial charge in [-0.15, -0.1) is 0 Å². The first-order valence-corrected chi connectivity index (χ1v) is 4.27. The minimum absolute atomic E-state index is 0.192. The molecule has 0 radical (unpaired) electrons. The molecule has 1 rings (SSSR count). The van der Waals surface area contributed by atoms with E-state index >= 15 is 0 Å². The van der Waals surface area contributed by atoms with E-state index in [1.54, 1.807) is 25.1 Å². The van der Waals surface area contributed by atoms with Crippen LogP contribution in [0.2, 0.25) is 0 Å². The molecule has 0 saturated heterocycles. The quantitative estimate of drug-likeness (QED) is 0.482. The molecule has 2 N–H and O–H groups in total. The van der Waals surface area contributed by atoms with Gasteiger partial charge in [0.2, 0.25) is 0 Å². The van der Waals surface area contributed by atoms with E-state index in [-0.39, 0.29) is 8.46 Å². The maximum Gasteiger partial charge on any atom is 0.489 e. The third-order valence-corrected chi connectivity index (χ3v) is 2.24. The van der Waals surface area contributed by atoms with Crippen LogP contribution in [0.25, 0.3) is 0 Å². The Morgan fingerprint density at radius 2 is 2.08 bits per heavy atom. The van der Waals surface area contributed by atoms with Crippen molar-refractivity contribution in [3.8, 4) is 0 Å². The molecule has 12 heavy (non-hydrogen) atoms. The highest BCUT2D eigenvalue weighted by atomic mass is 31.1. The van der Waals surface area contributed by atoms with Crippen LogP contribution in [0.4, 0.5) is 0 Å². The van der Waals surface area contributed by atoms with Crippen LogP contribution in [0.3, 0.4) is 0 Å². The second-order valence-electron chi connectivity index (χ2n) is 2.47. The summed E-state index contributed by atoms with van der Waals surface area (Å²) in [6.45, 7) is 1.74. The lowest BCUT2D eigenvalue weighted by Gasteiger charge is -2.05. The molecule has 0 bridgehead atoms. The first-order chi connectivity index (χ1) is 5.66. The van der Waals surface area contributed by atoms with Crippen molar-refractivity contribution in [3.63, 3.8) is 0 Å². The van der Waals surface area contributed by atoms with E-state index in [0.29, 0.717) is 10.8 Å². The summed E-state index contributed by atoms with van der Waals surface area (Å²) in [5.41, 5.74) is 1.06. The Bertz CT molecular complexity index is 301. The number of aryl methyl sites for hydroxylation is 1. The van der Waals surface area contributed by atoms with Crippen LogP contribution >= 0.6 is 8.46 Å². The van der Waals surface area contributed by atoms with Crippen LogP contribution < -0.4 is 10.8 Å². The summed E-state index contributed by atoms with van der Waals surface area (Å²) in [5, 5.41) is 18.3. The van der Waals surface area contributed by atoms with Crippen molar-refractivity contribution >= 4 is 26.3 Å². The first kappa shape index (κ1) is 9.39. The average molecular weight is 182 g/mol. The lowest BCUT2D eigenvalue weighted by Crippen LogP contribution is -2.40. The number of rotatable bonds is 2. The molecule has 5 heteroatoms. The van der Waals surface area contributed by atoms with Crippen LogP contribution in [0.5, 0.6) is 0 Å². The maximum absolute atomic E-state index is 10.6. The van der Waals surface area contributed by atoms with Crippen LogP contribution in [-0.4, -0.2) is 17.2 Å². The summed E-state index contributed by atoms with van der Waals surface area (Å²) < 4.78 is 10.6. The molecule has 0 saturated carbocycles. The second kappa shape index (κ2) is 3.81. The number of hydrogen-bond donors (Lipinski definition) is 2. The van der Waals surface area contributed by atoms with E-state index in [2.05, 4.69) is 0 Å². The third kappa shape index (κ3) is 1.72. The predicted molar refractivity (Wildman–Crippen MR) is 48.2 cm³/mol. The van der Waals surface area contributed by atoms with E-state index in [9.17, 15) is 4.57 Å². The van der Waals surface area contributed by atoms with E-state index in [1.807, 2.05) is 0 Å². The van der Waals surface area contributed by atoms with Crippen molar-refractivity contribution in [2.45, 2.75) is 6.92 Å². The fourth-order valence-electron chi connectivity index (χ4n) is 1.08. The second-order valence-corrected chi connectivity index (χ2v) is 3.14. The van der Waals surface area contributed by atoms with Crippen molar-refractivity contribution in [2.75, 3.05) is 0 Å². The van der Waals surface area contributed by atoms with Crippen molar-refractivity contribution in [2.24, 2.45) is 0 Å². The Labute approximate surface area is 72.4 Å². The first-order valence-electron chi connectivity index (χ1n) is 3.46. The summed E-state index contributed by atoms with van der Waals surface area (Å²) in [5.74, 6) is 0. The van der Waals surface area contributed by atoms with Crippen LogP contribution in [-0.2, 0) is 4.57 Å². The Hall–Kier alpha value is -0.695. The molecule has 0 atom stereocenters. The third-order valence-electron chi connectivity index (χ3n) is 1.66. The Morgan fingerprint density at radius 1 is 1.42 bits per heavy atom. The van der Waals surface area contributed by atoms with Crippen LogP contribution in [0.1, 0.15) is 5.56 Å². The Balaban J connectivity index is 3.29. The monoisotopic (exact) mass is 182 g/mol. The zero-order chi connectivity index (χ0) is 9.14. The highest BCUT2D eigenvalue weighted by Crippen LogP contribution is 1.98.